The first-order valence-electron chi connectivity index (χ1n) is 6.05. The summed E-state index contributed by atoms with van der Waals surface area (Å²) < 4.78 is 65.8. The molecule has 1 aromatic heterocycles. The van der Waals surface area contributed by atoms with Gasteiger partial charge >= 0.3 is 6.18 Å². The minimum absolute atomic E-state index is 0.0538. The molecular weight excluding hydrogens is 313 g/mol. The normalized spacial score (nSPS) is 25.2. The van der Waals surface area contributed by atoms with E-state index < -0.39 is 27.2 Å². The van der Waals surface area contributed by atoms with Gasteiger partial charge in [-0.1, -0.05) is 0 Å². The molecule has 0 saturated carbocycles. The molecule has 0 N–H and O–H groups in total. The summed E-state index contributed by atoms with van der Waals surface area (Å²) in [6.45, 7) is 0.114. The summed E-state index contributed by atoms with van der Waals surface area (Å²) in [7, 11) is -3.71. The largest absolute Gasteiger partial charge is 0.394 e. The van der Waals surface area contributed by atoms with Crippen LogP contribution in [0.4, 0.5) is 13.2 Å². The predicted molar refractivity (Wildman–Crippen MR) is 70.4 cm³/mol. The molecule has 0 bridgehead atoms. The summed E-state index contributed by atoms with van der Waals surface area (Å²) in [5.41, 5.74) is 0. The zero-order valence-electron chi connectivity index (χ0n) is 10.8. The van der Waals surface area contributed by atoms with E-state index in [0.29, 0.717) is 13.0 Å². The van der Waals surface area contributed by atoms with Crippen LogP contribution < -0.4 is 0 Å². The molecule has 2 rings (SSSR count). The van der Waals surface area contributed by atoms with Crippen LogP contribution >= 0.6 is 11.5 Å². The van der Waals surface area contributed by atoms with Crippen molar-refractivity contribution in [3.05, 3.63) is 17.1 Å². The van der Waals surface area contributed by atoms with Crippen molar-refractivity contribution in [3.8, 4) is 0 Å². The van der Waals surface area contributed by atoms with Crippen LogP contribution in [0.3, 0.4) is 0 Å². The molecule has 0 radical (unpaired) electrons. The summed E-state index contributed by atoms with van der Waals surface area (Å²) in [5, 5.41) is -1.36. The van der Waals surface area contributed by atoms with Crippen molar-refractivity contribution in [1.29, 1.82) is 0 Å². The van der Waals surface area contributed by atoms with E-state index in [1.54, 1.807) is 11.1 Å². The average Bonchev–Trinajstić information content (AvgIpc) is 2.94. The first-order chi connectivity index (χ1) is 9.18. The maximum atomic E-state index is 12.9. The van der Waals surface area contributed by atoms with E-state index in [1.165, 1.54) is 11.5 Å². The zero-order valence-corrected chi connectivity index (χ0v) is 12.4. The van der Waals surface area contributed by atoms with E-state index in [-0.39, 0.29) is 13.1 Å². The molecule has 0 spiro atoms. The lowest BCUT2D eigenvalue weighted by atomic mass is 10.1. The third-order valence-corrected chi connectivity index (χ3v) is 5.86. The molecule has 1 fully saturated rings. The Labute approximate surface area is 119 Å². The number of halogens is 3. The van der Waals surface area contributed by atoms with Crippen LogP contribution in [0.15, 0.2) is 12.3 Å². The number of rotatable bonds is 4. The van der Waals surface area contributed by atoms with Gasteiger partial charge in [0.2, 0.25) is 0 Å². The summed E-state index contributed by atoms with van der Waals surface area (Å²) in [6.07, 6.45) is -1.37. The number of aromatic nitrogens is 1. The minimum Gasteiger partial charge on any atom is -0.301 e. The van der Waals surface area contributed by atoms with Gasteiger partial charge in [0.25, 0.3) is 0 Å². The van der Waals surface area contributed by atoms with Gasteiger partial charge < -0.3 is 4.90 Å². The second-order valence-corrected chi connectivity index (χ2v) is 8.19. The molecule has 9 heteroatoms. The third kappa shape index (κ3) is 3.70. The van der Waals surface area contributed by atoms with Crippen molar-refractivity contribution in [2.24, 2.45) is 5.92 Å². The highest BCUT2D eigenvalue weighted by atomic mass is 32.2. The van der Waals surface area contributed by atoms with Gasteiger partial charge in [0.15, 0.2) is 9.84 Å². The highest BCUT2D eigenvalue weighted by molar-refractivity contribution is 7.91. The van der Waals surface area contributed by atoms with Crippen LogP contribution in [0.5, 0.6) is 0 Å². The Bertz CT molecular complexity index is 543. The standard InChI is InChI=1S/C11H15F3N2O2S2/c1-20(17,18)10-7-16(6-9(10)11(12,13)14)5-3-8-2-4-15-19-8/h2,4,9-10H,3,5-7H2,1H3/t9-,10-/m1/s1. The molecule has 0 aromatic carbocycles. The fourth-order valence-corrected chi connectivity index (χ4v) is 4.30. The monoisotopic (exact) mass is 328 g/mol. The van der Waals surface area contributed by atoms with Crippen molar-refractivity contribution < 1.29 is 21.6 Å². The minimum atomic E-state index is -4.48. The van der Waals surface area contributed by atoms with Crippen LogP contribution in [0.25, 0.3) is 0 Å². The van der Waals surface area contributed by atoms with Crippen molar-refractivity contribution in [1.82, 2.24) is 9.27 Å². The summed E-state index contributed by atoms with van der Waals surface area (Å²) in [6, 6.07) is 1.82. The van der Waals surface area contributed by atoms with Gasteiger partial charge in [-0.3, -0.25) is 0 Å². The number of likely N-dealkylation sites (tertiary alicyclic amines) is 1. The Kier molecular flexibility index (Phi) is 4.41. The predicted octanol–water partition coefficient (Wildman–Crippen LogP) is 1.59. The smallest absolute Gasteiger partial charge is 0.301 e. The quantitative estimate of drug-likeness (QED) is 0.842. The highest BCUT2D eigenvalue weighted by Crippen LogP contribution is 2.36. The van der Waals surface area contributed by atoms with Crippen LogP contribution in [0.1, 0.15) is 4.88 Å². The van der Waals surface area contributed by atoms with Crippen molar-refractivity contribution >= 4 is 21.4 Å². The molecule has 1 saturated heterocycles. The fourth-order valence-electron chi connectivity index (χ4n) is 2.42. The van der Waals surface area contributed by atoms with E-state index in [9.17, 15) is 21.6 Å². The number of hydrogen-bond acceptors (Lipinski definition) is 5. The first kappa shape index (κ1) is 15.7. The molecule has 0 amide bonds. The SMILES string of the molecule is CS(=O)(=O)[C@@H]1CN(CCc2ccns2)C[C@H]1C(F)(F)F. The van der Waals surface area contributed by atoms with Crippen LogP contribution in [-0.4, -0.2) is 55.0 Å². The number of sulfone groups is 1. The maximum absolute atomic E-state index is 12.9. The molecule has 1 aliphatic rings. The zero-order chi connectivity index (χ0) is 15.0. The Morgan fingerprint density at radius 2 is 2.15 bits per heavy atom. The molecule has 0 aliphatic carbocycles. The van der Waals surface area contributed by atoms with Crippen LogP contribution in [0, 0.1) is 5.92 Å². The van der Waals surface area contributed by atoms with E-state index in [0.717, 1.165) is 11.1 Å². The second-order valence-electron chi connectivity index (χ2n) is 5.00. The number of nitrogens with zero attached hydrogens (tertiary/aromatic N) is 2. The number of alkyl halides is 3. The molecule has 2 heterocycles. The maximum Gasteiger partial charge on any atom is 0.394 e. The molecular formula is C11H15F3N2O2S2. The van der Waals surface area contributed by atoms with Gasteiger partial charge in [0.1, 0.15) is 0 Å². The lowest BCUT2D eigenvalue weighted by Gasteiger charge is -2.19. The van der Waals surface area contributed by atoms with Crippen molar-refractivity contribution in [2.75, 3.05) is 25.9 Å². The lowest BCUT2D eigenvalue weighted by Crippen LogP contribution is -2.37. The van der Waals surface area contributed by atoms with Gasteiger partial charge in [-0.05, 0) is 24.0 Å². The molecule has 1 aromatic rings. The highest BCUT2D eigenvalue weighted by Gasteiger charge is 2.53. The van der Waals surface area contributed by atoms with E-state index >= 15 is 0 Å². The van der Waals surface area contributed by atoms with Crippen molar-refractivity contribution in [2.45, 2.75) is 17.8 Å². The van der Waals surface area contributed by atoms with Gasteiger partial charge in [-0.25, -0.2) is 12.8 Å². The molecule has 2 atom stereocenters. The fraction of sp³-hybridized carbons (Fsp3) is 0.727. The van der Waals surface area contributed by atoms with Gasteiger partial charge in [0.05, 0.1) is 11.2 Å². The molecule has 114 valence electrons. The Morgan fingerprint density at radius 1 is 1.45 bits per heavy atom. The first-order valence-corrected chi connectivity index (χ1v) is 8.78. The van der Waals surface area contributed by atoms with Crippen molar-refractivity contribution in [3.63, 3.8) is 0 Å². The van der Waals surface area contributed by atoms with Gasteiger partial charge in [-0.15, -0.1) is 0 Å². The average molecular weight is 328 g/mol. The second kappa shape index (κ2) is 5.61. The van der Waals surface area contributed by atoms with E-state index in [2.05, 4.69) is 4.37 Å². The third-order valence-electron chi connectivity index (χ3n) is 3.48. The molecule has 1 aliphatic heterocycles. The van der Waals surface area contributed by atoms with Gasteiger partial charge in [-0.2, -0.15) is 13.2 Å². The van der Waals surface area contributed by atoms with Crippen LogP contribution in [-0.2, 0) is 16.3 Å². The topological polar surface area (TPSA) is 50.3 Å². The Morgan fingerprint density at radius 3 is 2.60 bits per heavy atom. The summed E-state index contributed by atoms with van der Waals surface area (Å²) >= 11 is 1.30. The van der Waals surface area contributed by atoms with Gasteiger partial charge in [0, 0.05) is 37.0 Å². The molecule has 0 unspecified atom stereocenters. The van der Waals surface area contributed by atoms with Crippen LogP contribution in [0.2, 0.25) is 0 Å². The van der Waals surface area contributed by atoms with E-state index in [4.69, 9.17) is 0 Å². The Hall–Kier alpha value is -0.670. The number of hydrogen-bond donors (Lipinski definition) is 0. The molecule has 20 heavy (non-hydrogen) atoms. The summed E-state index contributed by atoms with van der Waals surface area (Å²) in [5.74, 6) is -1.79. The summed E-state index contributed by atoms with van der Waals surface area (Å²) in [4.78, 5) is 2.56. The Balaban J connectivity index is 2.04. The molecule has 4 nitrogen and oxygen atoms in total. The van der Waals surface area contributed by atoms with E-state index in [1.807, 2.05) is 6.07 Å². The lowest BCUT2D eigenvalue weighted by molar-refractivity contribution is -0.169.